The summed E-state index contributed by atoms with van der Waals surface area (Å²) in [6.07, 6.45) is 0. The number of non-ortho nitro benzene ring substituents is 2. The highest BCUT2D eigenvalue weighted by molar-refractivity contribution is 6.34. The number of nitrogens with zero attached hydrogens (tertiary/aromatic N) is 2. The van der Waals surface area contributed by atoms with Crippen LogP contribution in [0.1, 0.15) is 10.4 Å². The second-order valence-corrected chi connectivity index (χ2v) is 4.59. The van der Waals surface area contributed by atoms with Gasteiger partial charge in [0.1, 0.15) is 0 Å². The first-order valence-electron chi connectivity index (χ1n) is 5.88. The van der Waals surface area contributed by atoms with E-state index in [2.05, 4.69) is 5.32 Å². The maximum atomic E-state index is 12.0. The van der Waals surface area contributed by atoms with Gasteiger partial charge in [0.2, 0.25) is 0 Å². The molecule has 22 heavy (non-hydrogen) atoms. The summed E-state index contributed by atoms with van der Waals surface area (Å²) in [5.74, 6) is -0.612. The lowest BCUT2D eigenvalue weighted by atomic mass is 10.2. The largest absolute Gasteiger partial charge is 0.321 e. The van der Waals surface area contributed by atoms with Gasteiger partial charge in [0, 0.05) is 29.8 Å². The number of anilines is 1. The highest BCUT2D eigenvalue weighted by Crippen LogP contribution is 2.27. The lowest BCUT2D eigenvalue weighted by Crippen LogP contribution is -2.12. The van der Waals surface area contributed by atoms with Crippen molar-refractivity contribution in [2.75, 3.05) is 5.32 Å². The van der Waals surface area contributed by atoms with E-state index in [4.69, 9.17) is 11.6 Å². The van der Waals surface area contributed by atoms with Crippen LogP contribution in [0.5, 0.6) is 0 Å². The van der Waals surface area contributed by atoms with E-state index in [1.807, 2.05) is 0 Å². The number of rotatable bonds is 4. The number of nitro benzene ring substituents is 2. The molecule has 0 aliphatic carbocycles. The summed E-state index contributed by atoms with van der Waals surface area (Å²) in [6, 6.07) is 8.74. The van der Waals surface area contributed by atoms with Crippen molar-refractivity contribution in [3.63, 3.8) is 0 Å². The third-order valence-corrected chi connectivity index (χ3v) is 3.04. The minimum atomic E-state index is -0.615. The summed E-state index contributed by atoms with van der Waals surface area (Å²) in [7, 11) is 0. The predicted molar refractivity (Wildman–Crippen MR) is 79.2 cm³/mol. The number of carbonyl (C=O) groups is 1. The first-order valence-corrected chi connectivity index (χ1v) is 6.26. The van der Waals surface area contributed by atoms with Crippen LogP contribution >= 0.6 is 11.6 Å². The third kappa shape index (κ3) is 3.36. The van der Waals surface area contributed by atoms with E-state index in [1.54, 1.807) is 0 Å². The van der Waals surface area contributed by atoms with Crippen molar-refractivity contribution < 1.29 is 14.6 Å². The fourth-order valence-corrected chi connectivity index (χ4v) is 1.90. The maximum absolute atomic E-state index is 12.0. The molecule has 2 aromatic rings. The van der Waals surface area contributed by atoms with Gasteiger partial charge in [-0.2, -0.15) is 0 Å². The molecule has 0 aliphatic rings. The Bertz CT molecular complexity index is 778. The van der Waals surface area contributed by atoms with Crippen LogP contribution < -0.4 is 5.32 Å². The van der Waals surface area contributed by atoms with Crippen LogP contribution in [0.15, 0.2) is 42.5 Å². The predicted octanol–water partition coefficient (Wildman–Crippen LogP) is 3.41. The molecule has 9 heteroatoms. The normalized spacial score (nSPS) is 10.0. The number of carbonyl (C=O) groups excluding carboxylic acids is 1. The minimum absolute atomic E-state index is 0.00650. The van der Waals surface area contributed by atoms with Crippen molar-refractivity contribution in [2.45, 2.75) is 0 Å². The molecule has 1 N–H and O–H groups in total. The van der Waals surface area contributed by atoms with Gasteiger partial charge in [-0.15, -0.1) is 0 Å². The average molecular weight is 322 g/mol. The number of hydrogen-bond donors (Lipinski definition) is 1. The molecule has 0 radical (unpaired) electrons. The Balaban J connectivity index is 2.24. The quantitative estimate of drug-likeness (QED) is 0.684. The summed E-state index contributed by atoms with van der Waals surface area (Å²) in [4.78, 5) is 32.1. The number of halogens is 1. The molecule has 1 amide bonds. The summed E-state index contributed by atoms with van der Waals surface area (Å²) >= 11 is 5.86. The molecule has 112 valence electrons. The molecule has 0 heterocycles. The molecule has 0 bridgehead atoms. The Morgan fingerprint density at radius 2 is 1.64 bits per heavy atom. The maximum Gasteiger partial charge on any atom is 0.271 e. The average Bonchev–Trinajstić information content (AvgIpc) is 2.49. The number of hydrogen-bond acceptors (Lipinski definition) is 5. The Hall–Kier alpha value is -3.00. The van der Waals surface area contributed by atoms with E-state index in [-0.39, 0.29) is 27.6 Å². The van der Waals surface area contributed by atoms with Gasteiger partial charge in [-0.3, -0.25) is 25.0 Å². The summed E-state index contributed by atoms with van der Waals surface area (Å²) in [5.41, 5.74) is -0.187. The molecule has 8 nitrogen and oxygen atoms in total. The molecule has 0 spiro atoms. The minimum Gasteiger partial charge on any atom is -0.321 e. The molecule has 0 unspecified atom stereocenters. The Morgan fingerprint density at radius 3 is 2.23 bits per heavy atom. The molecular weight excluding hydrogens is 314 g/mol. The standard InChI is InChI=1S/C13H8ClN3O5/c14-11-7-10(17(21)22)4-5-12(11)15-13(18)8-2-1-3-9(6-8)16(19)20/h1-7H,(H,15,18). The van der Waals surface area contributed by atoms with Gasteiger partial charge in [-0.05, 0) is 12.1 Å². The second-order valence-electron chi connectivity index (χ2n) is 4.18. The molecule has 0 saturated carbocycles. The fourth-order valence-electron chi connectivity index (χ4n) is 1.67. The van der Waals surface area contributed by atoms with Gasteiger partial charge in [-0.25, -0.2) is 0 Å². The van der Waals surface area contributed by atoms with Crippen LogP contribution in [-0.4, -0.2) is 15.8 Å². The highest BCUT2D eigenvalue weighted by Gasteiger charge is 2.14. The van der Waals surface area contributed by atoms with Gasteiger partial charge in [-0.1, -0.05) is 17.7 Å². The highest BCUT2D eigenvalue weighted by atomic mass is 35.5. The van der Waals surface area contributed by atoms with E-state index in [1.165, 1.54) is 30.3 Å². The molecule has 0 fully saturated rings. The second kappa shape index (κ2) is 6.19. The molecule has 0 atom stereocenters. The van der Waals surface area contributed by atoms with Crippen LogP contribution in [0, 0.1) is 20.2 Å². The van der Waals surface area contributed by atoms with Crippen molar-refractivity contribution in [3.8, 4) is 0 Å². The van der Waals surface area contributed by atoms with Crippen molar-refractivity contribution in [1.29, 1.82) is 0 Å². The first-order chi connectivity index (χ1) is 10.4. The zero-order chi connectivity index (χ0) is 16.3. The zero-order valence-corrected chi connectivity index (χ0v) is 11.6. The Labute approximate surface area is 128 Å². The van der Waals surface area contributed by atoms with Crippen LogP contribution in [-0.2, 0) is 0 Å². The lowest BCUT2D eigenvalue weighted by Gasteiger charge is -2.07. The van der Waals surface area contributed by atoms with Crippen molar-refractivity contribution in [3.05, 3.63) is 73.3 Å². The van der Waals surface area contributed by atoms with Gasteiger partial charge < -0.3 is 5.32 Å². The van der Waals surface area contributed by atoms with E-state index in [0.29, 0.717) is 0 Å². The molecule has 0 aliphatic heterocycles. The van der Waals surface area contributed by atoms with Gasteiger partial charge in [0.25, 0.3) is 17.3 Å². The van der Waals surface area contributed by atoms with Gasteiger partial charge in [0.05, 0.1) is 20.6 Å². The lowest BCUT2D eigenvalue weighted by molar-refractivity contribution is -0.385. The van der Waals surface area contributed by atoms with Crippen molar-refractivity contribution in [2.24, 2.45) is 0 Å². The summed E-state index contributed by atoms with van der Waals surface area (Å²) in [5, 5.41) is 23.7. The molecule has 2 rings (SSSR count). The number of nitro groups is 2. The smallest absolute Gasteiger partial charge is 0.271 e. The molecule has 0 aromatic heterocycles. The summed E-state index contributed by atoms with van der Waals surface area (Å²) in [6.45, 7) is 0. The number of nitrogens with one attached hydrogen (secondary N) is 1. The molecule has 2 aromatic carbocycles. The van der Waals surface area contributed by atoms with Crippen LogP contribution in [0.4, 0.5) is 17.1 Å². The summed E-state index contributed by atoms with van der Waals surface area (Å²) < 4.78 is 0. The topological polar surface area (TPSA) is 115 Å². The molecule has 0 saturated heterocycles. The monoisotopic (exact) mass is 321 g/mol. The van der Waals surface area contributed by atoms with E-state index < -0.39 is 15.8 Å². The SMILES string of the molecule is O=C(Nc1ccc([N+](=O)[O-])cc1Cl)c1cccc([N+](=O)[O-])c1. The van der Waals surface area contributed by atoms with E-state index in [0.717, 1.165) is 12.1 Å². The Kier molecular flexibility index (Phi) is 4.33. The van der Waals surface area contributed by atoms with Crippen molar-refractivity contribution >= 4 is 34.6 Å². The third-order valence-electron chi connectivity index (χ3n) is 2.73. The van der Waals surface area contributed by atoms with E-state index in [9.17, 15) is 25.0 Å². The molecular formula is C13H8ClN3O5. The number of benzene rings is 2. The first kappa shape index (κ1) is 15.4. The van der Waals surface area contributed by atoms with E-state index >= 15 is 0 Å². The zero-order valence-electron chi connectivity index (χ0n) is 10.9. The van der Waals surface area contributed by atoms with Gasteiger partial charge in [0.15, 0.2) is 0 Å². The van der Waals surface area contributed by atoms with Crippen LogP contribution in [0.3, 0.4) is 0 Å². The fraction of sp³-hybridized carbons (Fsp3) is 0. The van der Waals surface area contributed by atoms with Gasteiger partial charge >= 0.3 is 0 Å². The van der Waals surface area contributed by atoms with Crippen LogP contribution in [0.25, 0.3) is 0 Å². The number of amides is 1. The van der Waals surface area contributed by atoms with Crippen molar-refractivity contribution in [1.82, 2.24) is 0 Å². The van der Waals surface area contributed by atoms with Crippen LogP contribution in [0.2, 0.25) is 5.02 Å². The Morgan fingerprint density at radius 1 is 1.00 bits per heavy atom.